The van der Waals surface area contributed by atoms with Crippen molar-refractivity contribution in [3.8, 4) is 0 Å². The Morgan fingerprint density at radius 3 is 1.80 bits per heavy atom. The van der Waals surface area contributed by atoms with Gasteiger partial charge in [-0.2, -0.15) is 0 Å². The number of rotatable bonds is 5. The molecule has 0 N–H and O–H groups in total. The third-order valence-corrected chi connectivity index (χ3v) is 6.58. The van der Waals surface area contributed by atoms with E-state index in [0.29, 0.717) is 0 Å². The van der Waals surface area contributed by atoms with Crippen LogP contribution in [0.4, 0.5) is 13.2 Å². The molecule has 1 saturated heterocycles. The molecular weight excluding hydrogens is 472 g/mol. The van der Waals surface area contributed by atoms with Crippen LogP contribution in [0.3, 0.4) is 0 Å². The molecule has 1 aliphatic heterocycles. The van der Waals surface area contributed by atoms with Crippen molar-refractivity contribution in [2.24, 2.45) is 0 Å². The molecule has 6 nitrogen and oxygen atoms in total. The number of hydrogen-bond acceptors (Lipinski definition) is 6. The Kier molecular flexibility index (Phi) is 6.79. The Hall–Kier alpha value is -2.84. The van der Waals surface area contributed by atoms with Crippen LogP contribution in [-0.4, -0.2) is 56.3 Å². The van der Waals surface area contributed by atoms with E-state index in [0.717, 1.165) is 0 Å². The minimum absolute atomic E-state index is 0.119. The standard InChI is InChI=1S/C20H15F3O6Se/c21-20(22,23)19(26)29-18-15(28-17(25)13-9-5-2-6-10-13)14(11-30-18)27-16(24)12-7-3-1-4-8-12/h1-10,14-15,18H,11H2/t14-,15+,18?/m0/s1. The van der Waals surface area contributed by atoms with Crippen molar-refractivity contribution in [2.75, 3.05) is 0 Å². The van der Waals surface area contributed by atoms with Crippen molar-refractivity contribution in [3.63, 3.8) is 0 Å². The van der Waals surface area contributed by atoms with Gasteiger partial charge in [-0.1, -0.05) is 0 Å². The van der Waals surface area contributed by atoms with Crippen molar-refractivity contribution < 1.29 is 41.8 Å². The molecular formula is C20H15F3O6Se. The van der Waals surface area contributed by atoms with Crippen molar-refractivity contribution in [1.29, 1.82) is 0 Å². The molecule has 158 valence electrons. The molecule has 30 heavy (non-hydrogen) atoms. The van der Waals surface area contributed by atoms with E-state index in [9.17, 15) is 27.6 Å². The Morgan fingerprint density at radius 2 is 1.30 bits per heavy atom. The zero-order chi connectivity index (χ0) is 21.7. The summed E-state index contributed by atoms with van der Waals surface area (Å²) in [4.78, 5) is 36.0. The topological polar surface area (TPSA) is 78.9 Å². The molecule has 0 bridgehead atoms. The summed E-state index contributed by atoms with van der Waals surface area (Å²) in [5, 5.41) is -1.22. The number of hydrogen-bond donors (Lipinski definition) is 0. The third kappa shape index (κ3) is 5.40. The minimum atomic E-state index is -5.19. The average Bonchev–Trinajstić information content (AvgIpc) is 3.09. The number of benzene rings is 2. The predicted molar refractivity (Wildman–Crippen MR) is 97.8 cm³/mol. The summed E-state index contributed by atoms with van der Waals surface area (Å²) in [5.74, 6) is -3.93. The summed E-state index contributed by atoms with van der Waals surface area (Å²) in [6, 6.07) is 15.7. The van der Waals surface area contributed by atoms with Crippen LogP contribution >= 0.6 is 0 Å². The van der Waals surface area contributed by atoms with Crippen molar-refractivity contribution in [3.05, 3.63) is 71.8 Å². The van der Waals surface area contributed by atoms with Crippen molar-refractivity contribution in [1.82, 2.24) is 0 Å². The summed E-state index contributed by atoms with van der Waals surface area (Å²) in [5.41, 5.74) is 0.389. The fraction of sp³-hybridized carbons (Fsp3) is 0.250. The van der Waals surface area contributed by atoms with Crippen LogP contribution in [0.1, 0.15) is 20.7 Å². The molecule has 2 aromatic rings. The van der Waals surface area contributed by atoms with Gasteiger partial charge in [-0.15, -0.1) is 0 Å². The van der Waals surface area contributed by atoms with Gasteiger partial charge in [0.1, 0.15) is 0 Å². The summed E-state index contributed by atoms with van der Waals surface area (Å²) in [6.45, 7) is 0. The van der Waals surface area contributed by atoms with Gasteiger partial charge in [-0.05, 0) is 0 Å². The van der Waals surface area contributed by atoms with Gasteiger partial charge < -0.3 is 0 Å². The number of carbonyl (C=O) groups is 3. The maximum absolute atomic E-state index is 12.6. The second kappa shape index (κ2) is 9.32. The zero-order valence-corrected chi connectivity index (χ0v) is 16.9. The number of carbonyl (C=O) groups excluding carboxylic acids is 3. The Bertz CT molecular complexity index is 904. The summed E-state index contributed by atoms with van der Waals surface area (Å²) in [6.07, 6.45) is -7.59. The molecule has 0 aromatic heterocycles. The molecule has 10 heteroatoms. The van der Waals surface area contributed by atoms with E-state index in [4.69, 9.17) is 9.47 Å². The summed E-state index contributed by atoms with van der Waals surface area (Å²) >= 11 is -0.704. The van der Waals surface area contributed by atoms with E-state index in [1.807, 2.05) is 0 Å². The quantitative estimate of drug-likeness (QED) is 0.367. The molecule has 0 amide bonds. The van der Waals surface area contributed by atoms with Crippen molar-refractivity contribution in [2.45, 2.75) is 28.7 Å². The SMILES string of the molecule is O=C(O[C@H]1C[Se]C(OC(=O)C(F)(F)F)[C@@H]1OC(=O)c1ccccc1)c1ccccc1. The first-order valence-electron chi connectivity index (χ1n) is 8.67. The van der Waals surface area contributed by atoms with Crippen LogP contribution in [0.2, 0.25) is 5.32 Å². The van der Waals surface area contributed by atoms with Gasteiger partial charge in [0.2, 0.25) is 0 Å². The molecule has 1 heterocycles. The first-order chi connectivity index (χ1) is 14.3. The monoisotopic (exact) mass is 488 g/mol. The number of halogens is 3. The molecule has 0 spiro atoms. The van der Waals surface area contributed by atoms with Crippen LogP contribution in [0.5, 0.6) is 0 Å². The Balaban J connectivity index is 1.77. The molecule has 0 saturated carbocycles. The molecule has 2 aromatic carbocycles. The second-order valence-corrected chi connectivity index (χ2v) is 8.52. The fourth-order valence-corrected chi connectivity index (χ4v) is 5.15. The van der Waals surface area contributed by atoms with Gasteiger partial charge in [0.05, 0.1) is 0 Å². The summed E-state index contributed by atoms with van der Waals surface area (Å²) < 4.78 is 53.1. The normalized spacial score (nSPS) is 21.0. The van der Waals surface area contributed by atoms with E-state index < -0.39 is 56.3 Å². The van der Waals surface area contributed by atoms with Crippen LogP contribution in [0.15, 0.2) is 60.7 Å². The van der Waals surface area contributed by atoms with E-state index >= 15 is 0 Å². The van der Waals surface area contributed by atoms with Gasteiger partial charge in [-0.3, -0.25) is 0 Å². The van der Waals surface area contributed by atoms with Crippen LogP contribution in [-0.2, 0) is 19.0 Å². The molecule has 1 unspecified atom stereocenters. The Morgan fingerprint density at radius 1 is 0.800 bits per heavy atom. The first kappa shape index (κ1) is 21.9. The van der Waals surface area contributed by atoms with Gasteiger partial charge in [-0.25, -0.2) is 0 Å². The van der Waals surface area contributed by atoms with E-state index in [1.165, 1.54) is 24.3 Å². The number of ether oxygens (including phenoxy) is 3. The average molecular weight is 487 g/mol. The molecule has 3 atom stereocenters. The van der Waals surface area contributed by atoms with Gasteiger partial charge in [0.25, 0.3) is 0 Å². The van der Waals surface area contributed by atoms with Gasteiger partial charge in [0.15, 0.2) is 0 Å². The Labute approximate surface area is 175 Å². The molecule has 1 fully saturated rings. The second-order valence-electron chi connectivity index (χ2n) is 6.15. The number of alkyl halides is 3. The predicted octanol–water partition coefficient (Wildman–Crippen LogP) is 3.01. The maximum atomic E-state index is 12.6. The van der Waals surface area contributed by atoms with Crippen LogP contribution in [0, 0.1) is 0 Å². The molecule has 1 aliphatic rings. The van der Waals surface area contributed by atoms with E-state index in [-0.39, 0.29) is 16.4 Å². The van der Waals surface area contributed by atoms with Crippen molar-refractivity contribution >= 4 is 32.9 Å². The van der Waals surface area contributed by atoms with Crippen LogP contribution < -0.4 is 0 Å². The number of esters is 3. The molecule has 0 aliphatic carbocycles. The van der Waals surface area contributed by atoms with Gasteiger partial charge >= 0.3 is 175 Å². The van der Waals surface area contributed by atoms with E-state index in [2.05, 4.69) is 4.74 Å². The summed E-state index contributed by atoms with van der Waals surface area (Å²) in [7, 11) is 0. The molecule has 3 rings (SSSR count). The third-order valence-electron chi connectivity index (χ3n) is 4.03. The fourth-order valence-electron chi connectivity index (χ4n) is 2.61. The van der Waals surface area contributed by atoms with Crippen LogP contribution in [0.25, 0.3) is 0 Å². The van der Waals surface area contributed by atoms with E-state index in [1.54, 1.807) is 36.4 Å². The first-order valence-corrected chi connectivity index (χ1v) is 10.9. The van der Waals surface area contributed by atoms with Gasteiger partial charge in [0, 0.05) is 0 Å². The zero-order valence-electron chi connectivity index (χ0n) is 15.2. The molecule has 0 radical (unpaired) electrons.